The molecule has 0 saturated carbocycles. The van der Waals surface area contributed by atoms with Crippen molar-refractivity contribution in [3.8, 4) is 0 Å². The van der Waals surface area contributed by atoms with E-state index in [1.807, 2.05) is 58.0 Å². The Kier molecular flexibility index (Phi) is 4.93. The van der Waals surface area contributed by atoms with Crippen LogP contribution < -0.4 is 5.32 Å². The van der Waals surface area contributed by atoms with Gasteiger partial charge in [0.05, 0.1) is 0 Å². The van der Waals surface area contributed by atoms with E-state index in [0.29, 0.717) is 6.42 Å². The molecule has 0 aliphatic rings. The number of esters is 1. The number of hydrogen-bond donors (Lipinski definition) is 1. The molecular weight excluding hydrogens is 254 g/mol. The summed E-state index contributed by atoms with van der Waals surface area (Å²) in [5.41, 5.74) is -0.561. The van der Waals surface area contributed by atoms with E-state index in [0.717, 1.165) is 5.69 Å². The highest BCUT2D eigenvalue weighted by Gasteiger charge is 2.36. The van der Waals surface area contributed by atoms with Gasteiger partial charge in [0.25, 0.3) is 0 Å². The molecule has 0 unspecified atom stereocenters. The first-order valence-corrected chi connectivity index (χ1v) is 6.68. The highest BCUT2D eigenvalue weighted by molar-refractivity contribution is 5.94. The maximum Gasteiger partial charge on any atom is 0.303 e. The van der Waals surface area contributed by atoms with Crippen molar-refractivity contribution in [1.82, 2.24) is 0 Å². The first-order valence-electron chi connectivity index (χ1n) is 6.68. The Morgan fingerprint density at radius 1 is 1.10 bits per heavy atom. The monoisotopic (exact) mass is 277 g/mol. The summed E-state index contributed by atoms with van der Waals surface area (Å²) in [6, 6.07) is 9.30. The van der Waals surface area contributed by atoms with Crippen LogP contribution in [0.4, 0.5) is 5.69 Å². The number of amides is 1. The molecule has 0 atom stereocenters. The van der Waals surface area contributed by atoms with Gasteiger partial charge in [0.1, 0.15) is 5.60 Å². The lowest BCUT2D eigenvalue weighted by molar-refractivity contribution is -0.157. The van der Waals surface area contributed by atoms with Gasteiger partial charge >= 0.3 is 5.97 Å². The van der Waals surface area contributed by atoms with Gasteiger partial charge in [-0.25, -0.2) is 0 Å². The number of carbonyl (C=O) groups excluding carboxylic acids is 2. The van der Waals surface area contributed by atoms with Crippen molar-refractivity contribution >= 4 is 17.6 Å². The summed E-state index contributed by atoms with van der Waals surface area (Å²) in [6.45, 7) is 8.68. The molecule has 0 spiro atoms. The Balaban J connectivity index is 2.72. The minimum atomic E-state index is -0.677. The Hall–Kier alpha value is -1.84. The summed E-state index contributed by atoms with van der Waals surface area (Å²) in [5, 5.41) is 2.88. The Morgan fingerprint density at radius 2 is 1.65 bits per heavy atom. The van der Waals surface area contributed by atoms with Crippen molar-refractivity contribution in [2.45, 2.75) is 46.6 Å². The molecule has 1 rings (SSSR count). The summed E-state index contributed by atoms with van der Waals surface area (Å²) in [5.74, 6) is -0.432. The van der Waals surface area contributed by atoms with E-state index in [9.17, 15) is 9.59 Å². The smallest absolute Gasteiger partial charge is 0.303 e. The third-order valence-electron chi connectivity index (χ3n) is 2.93. The largest absolute Gasteiger partial charge is 0.460 e. The quantitative estimate of drug-likeness (QED) is 0.839. The minimum Gasteiger partial charge on any atom is -0.460 e. The van der Waals surface area contributed by atoms with Gasteiger partial charge in [-0.3, -0.25) is 9.59 Å². The molecule has 0 saturated heterocycles. The van der Waals surface area contributed by atoms with Crippen LogP contribution in [0.25, 0.3) is 0 Å². The van der Waals surface area contributed by atoms with E-state index in [1.165, 1.54) is 6.92 Å². The molecule has 0 aliphatic carbocycles. The Labute approximate surface area is 120 Å². The maximum absolute atomic E-state index is 12.3. The SMILES string of the molecule is CC(=O)OC(C)(C)CC(C)(C)C(=O)Nc1ccccc1. The van der Waals surface area contributed by atoms with Gasteiger partial charge in [0.15, 0.2) is 0 Å². The number of para-hydroxylation sites is 1. The van der Waals surface area contributed by atoms with Crippen LogP contribution in [0, 0.1) is 5.41 Å². The molecule has 1 aromatic rings. The van der Waals surface area contributed by atoms with E-state index >= 15 is 0 Å². The third kappa shape index (κ3) is 5.03. The zero-order valence-corrected chi connectivity index (χ0v) is 12.8. The summed E-state index contributed by atoms with van der Waals surface area (Å²) in [4.78, 5) is 23.4. The molecule has 0 fully saturated rings. The molecule has 0 aromatic heterocycles. The van der Waals surface area contributed by atoms with Crippen LogP contribution in [0.2, 0.25) is 0 Å². The number of benzene rings is 1. The standard InChI is InChI=1S/C16H23NO3/c1-12(18)20-16(4,5)11-15(2,3)14(19)17-13-9-7-6-8-10-13/h6-10H,11H2,1-5H3,(H,17,19). The van der Waals surface area contributed by atoms with Gasteiger partial charge in [0, 0.05) is 24.4 Å². The molecule has 0 bridgehead atoms. The Morgan fingerprint density at radius 3 is 2.15 bits per heavy atom. The van der Waals surface area contributed by atoms with Crippen LogP contribution >= 0.6 is 0 Å². The number of anilines is 1. The second-order valence-electron chi connectivity index (χ2n) is 6.23. The van der Waals surface area contributed by atoms with E-state index in [-0.39, 0.29) is 11.9 Å². The molecule has 110 valence electrons. The molecule has 0 heterocycles. The summed E-state index contributed by atoms with van der Waals surface area (Å²) in [6.07, 6.45) is 0.443. The first kappa shape index (κ1) is 16.2. The number of rotatable bonds is 5. The van der Waals surface area contributed by atoms with Gasteiger partial charge in [-0.1, -0.05) is 32.0 Å². The second kappa shape index (κ2) is 6.07. The van der Waals surface area contributed by atoms with Crippen molar-refractivity contribution in [3.05, 3.63) is 30.3 Å². The molecule has 1 N–H and O–H groups in total. The normalized spacial score (nSPS) is 11.8. The molecule has 4 heteroatoms. The van der Waals surface area contributed by atoms with Gasteiger partial charge in [0.2, 0.25) is 5.91 Å². The van der Waals surface area contributed by atoms with Crippen LogP contribution in [0.15, 0.2) is 30.3 Å². The zero-order valence-electron chi connectivity index (χ0n) is 12.8. The molecule has 0 radical (unpaired) electrons. The predicted octanol–water partition coefficient (Wildman–Crippen LogP) is 3.38. The van der Waals surface area contributed by atoms with Gasteiger partial charge < -0.3 is 10.1 Å². The fourth-order valence-corrected chi connectivity index (χ4v) is 2.39. The number of nitrogens with one attached hydrogen (secondary N) is 1. The molecule has 1 amide bonds. The average Bonchev–Trinajstić information content (AvgIpc) is 2.26. The van der Waals surface area contributed by atoms with Crippen LogP contribution in [-0.2, 0) is 14.3 Å². The fourth-order valence-electron chi connectivity index (χ4n) is 2.39. The molecule has 0 aliphatic heterocycles. The van der Waals surface area contributed by atoms with E-state index < -0.39 is 11.0 Å². The van der Waals surface area contributed by atoms with Crippen molar-refractivity contribution in [2.75, 3.05) is 5.32 Å². The lowest BCUT2D eigenvalue weighted by Crippen LogP contribution is -2.39. The van der Waals surface area contributed by atoms with Gasteiger partial charge in [-0.05, 0) is 26.0 Å². The van der Waals surface area contributed by atoms with Crippen molar-refractivity contribution in [2.24, 2.45) is 5.41 Å². The van der Waals surface area contributed by atoms with Crippen LogP contribution in [-0.4, -0.2) is 17.5 Å². The molecule has 20 heavy (non-hydrogen) atoms. The van der Waals surface area contributed by atoms with Crippen LogP contribution in [0.1, 0.15) is 41.0 Å². The lowest BCUT2D eigenvalue weighted by Gasteiger charge is -2.33. The van der Waals surface area contributed by atoms with E-state index in [2.05, 4.69) is 5.32 Å². The summed E-state index contributed by atoms with van der Waals surface area (Å²) >= 11 is 0. The number of ether oxygens (including phenoxy) is 1. The molecule has 4 nitrogen and oxygen atoms in total. The minimum absolute atomic E-state index is 0.0936. The van der Waals surface area contributed by atoms with Crippen molar-refractivity contribution < 1.29 is 14.3 Å². The molecule has 1 aromatic carbocycles. The van der Waals surface area contributed by atoms with E-state index in [1.54, 1.807) is 0 Å². The predicted molar refractivity (Wildman–Crippen MR) is 79.3 cm³/mol. The second-order valence-corrected chi connectivity index (χ2v) is 6.23. The van der Waals surface area contributed by atoms with Crippen LogP contribution in [0.5, 0.6) is 0 Å². The maximum atomic E-state index is 12.3. The highest BCUT2D eigenvalue weighted by atomic mass is 16.6. The highest BCUT2D eigenvalue weighted by Crippen LogP contribution is 2.31. The van der Waals surface area contributed by atoms with Crippen molar-refractivity contribution in [3.63, 3.8) is 0 Å². The molecular formula is C16H23NO3. The number of carbonyl (C=O) groups is 2. The van der Waals surface area contributed by atoms with Crippen LogP contribution in [0.3, 0.4) is 0 Å². The topological polar surface area (TPSA) is 55.4 Å². The summed E-state index contributed by atoms with van der Waals surface area (Å²) in [7, 11) is 0. The third-order valence-corrected chi connectivity index (χ3v) is 2.93. The average molecular weight is 277 g/mol. The zero-order chi connectivity index (χ0) is 15.4. The fraction of sp³-hybridized carbons (Fsp3) is 0.500. The lowest BCUT2D eigenvalue weighted by atomic mass is 9.80. The van der Waals surface area contributed by atoms with Gasteiger partial charge in [-0.15, -0.1) is 0 Å². The van der Waals surface area contributed by atoms with E-state index in [4.69, 9.17) is 4.74 Å². The van der Waals surface area contributed by atoms with Gasteiger partial charge in [-0.2, -0.15) is 0 Å². The summed E-state index contributed by atoms with van der Waals surface area (Å²) < 4.78 is 5.26. The van der Waals surface area contributed by atoms with Crippen molar-refractivity contribution in [1.29, 1.82) is 0 Å². The Bertz CT molecular complexity index is 478. The first-order chi connectivity index (χ1) is 9.12. The number of hydrogen-bond acceptors (Lipinski definition) is 3.